The van der Waals surface area contributed by atoms with E-state index in [9.17, 15) is 4.39 Å². The van der Waals surface area contributed by atoms with E-state index in [1.165, 1.54) is 6.07 Å². The number of likely N-dealkylation sites (N-methyl/N-ethyl adjacent to an activating group) is 1. The molecule has 0 aliphatic carbocycles. The Morgan fingerprint density at radius 1 is 1.55 bits per heavy atom. The number of hydrogen-bond acceptors (Lipinski definition) is 3. The Balaban J connectivity index is 2.15. The van der Waals surface area contributed by atoms with Crippen molar-refractivity contribution < 1.29 is 9.13 Å². The SMILES string of the molecule is CCN(CC1CCCO1)C(CN)c1ccc(Br)cc1F. The Hall–Kier alpha value is -0.490. The molecular formula is C15H22BrFN2O. The van der Waals surface area contributed by atoms with E-state index in [2.05, 4.69) is 27.8 Å². The summed E-state index contributed by atoms with van der Waals surface area (Å²) < 4.78 is 20.6. The van der Waals surface area contributed by atoms with Gasteiger partial charge in [0.25, 0.3) is 0 Å². The van der Waals surface area contributed by atoms with E-state index in [1.807, 2.05) is 12.1 Å². The summed E-state index contributed by atoms with van der Waals surface area (Å²) in [6.45, 7) is 4.96. The topological polar surface area (TPSA) is 38.5 Å². The maximum Gasteiger partial charge on any atom is 0.129 e. The van der Waals surface area contributed by atoms with Crippen molar-refractivity contribution in [2.24, 2.45) is 5.73 Å². The smallest absolute Gasteiger partial charge is 0.129 e. The fourth-order valence-corrected chi connectivity index (χ4v) is 3.10. The van der Waals surface area contributed by atoms with Crippen LogP contribution in [0.15, 0.2) is 22.7 Å². The Labute approximate surface area is 128 Å². The fourth-order valence-electron chi connectivity index (χ4n) is 2.77. The summed E-state index contributed by atoms with van der Waals surface area (Å²) in [5.74, 6) is -0.208. The van der Waals surface area contributed by atoms with E-state index in [-0.39, 0.29) is 18.0 Å². The van der Waals surface area contributed by atoms with Crippen LogP contribution in [0.25, 0.3) is 0 Å². The highest BCUT2D eigenvalue weighted by Gasteiger charge is 2.25. The molecule has 1 aliphatic rings. The van der Waals surface area contributed by atoms with Gasteiger partial charge in [-0.25, -0.2) is 4.39 Å². The first kappa shape index (κ1) is 15.9. The first-order chi connectivity index (χ1) is 9.65. The lowest BCUT2D eigenvalue weighted by Gasteiger charge is -2.32. The average Bonchev–Trinajstić information content (AvgIpc) is 2.93. The quantitative estimate of drug-likeness (QED) is 0.861. The van der Waals surface area contributed by atoms with Crippen LogP contribution in [0, 0.1) is 5.82 Å². The molecule has 20 heavy (non-hydrogen) atoms. The molecule has 1 heterocycles. The first-order valence-electron chi connectivity index (χ1n) is 7.16. The van der Waals surface area contributed by atoms with Gasteiger partial charge in [0.2, 0.25) is 0 Å². The summed E-state index contributed by atoms with van der Waals surface area (Å²) in [5.41, 5.74) is 6.56. The highest BCUT2D eigenvalue weighted by Crippen LogP contribution is 2.26. The molecular weight excluding hydrogens is 323 g/mol. The van der Waals surface area contributed by atoms with E-state index in [0.29, 0.717) is 12.1 Å². The molecule has 0 bridgehead atoms. The van der Waals surface area contributed by atoms with Crippen molar-refractivity contribution in [1.29, 1.82) is 0 Å². The molecule has 2 unspecified atom stereocenters. The predicted octanol–water partition coefficient (Wildman–Crippen LogP) is 3.09. The van der Waals surface area contributed by atoms with Crippen molar-refractivity contribution in [1.82, 2.24) is 4.90 Å². The third kappa shape index (κ3) is 3.79. The summed E-state index contributed by atoms with van der Waals surface area (Å²) in [5, 5.41) is 0. The van der Waals surface area contributed by atoms with Crippen molar-refractivity contribution in [3.63, 3.8) is 0 Å². The predicted molar refractivity (Wildman–Crippen MR) is 82.1 cm³/mol. The van der Waals surface area contributed by atoms with Crippen LogP contribution in [0.3, 0.4) is 0 Å². The minimum Gasteiger partial charge on any atom is -0.377 e. The monoisotopic (exact) mass is 344 g/mol. The van der Waals surface area contributed by atoms with E-state index >= 15 is 0 Å². The van der Waals surface area contributed by atoms with Gasteiger partial charge >= 0.3 is 0 Å². The second-order valence-corrected chi connectivity index (χ2v) is 6.06. The summed E-state index contributed by atoms with van der Waals surface area (Å²) >= 11 is 3.29. The first-order valence-corrected chi connectivity index (χ1v) is 7.95. The molecule has 0 amide bonds. The third-order valence-electron chi connectivity index (χ3n) is 3.85. The summed E-state index contributed by atoms with van der Waals surface area (Å²) in [6, 6.07) is 5.07. The normalized spacial score (nSPS) is 20.6. The summed E-state index contributed by atoms with van der Waals surface area (Å²) in [7, 11) is 0. The highest BCUT2D eigenvalue weighted by molar-refractivity contribution is 9.10. The fraction of sp³-hybridized carbons (Fsp3) is 0.600. The van der Waals surface area contributed by atoms with E-state index in [0.717, 1.165) is 37.0 Å². The van der Waals surface area contributed by atoms with Crippen molar-refractivity contribution in [2.75, 3.05) is 26.2 Å². The number of ether oxygens (including phenoxy) is 1. The standard InChI is InChI=1S/C15H22BrFN2O/c1-2-19(10-12-4-3-7-20-12)15(9-18)13-6-5-11(16)8-14(13)17/h5-6,8,12,15H,2-4,7,9-10,18H2,1H3. The number of nitrogens with zero attached hydrogens (tertiary/aromatic N) is 1. The van der Waals surface area contributed by atoms with E-state index < -0.39 is 0 Å². The lowest BCUT2D eigenvalue weighted by Crippen LogP contribution is -2.39. The highest BCUT2D eigenvalue weighted by atomic mass is 79.9. The minimum absolute atomic E-state index is 0.0997. The van der Waals surface area contributed by atoms with Crippen LogP contribution in [0.4, 0.5) is 4.39 Å². The maximum absolute atomic E-state index is 14.2. The molecule has 5 heteroatoms. The van der Waals surface area contributed by atoms with Crippen molar-refractivity contribution >= 4 is 15.9 Å². The van der Waals surface area contributed by atoms with Gasteiger partial charge in [-0.05, 0) is 31.5 Å². The second kappa shape index (κ2) is 7.50. The Kier molecular flexibility index (Phi) is 5.96. The molecule has 1 saturated heterocycles. The van der Waals surface area contributed by atoms with Crippen LogP contribution in [-0.4, -0.2) is 37.2 Å². The van der Waals surface area contributed by atoms with Crippen LogP contribution < -0.4 is 5.73 Å². The van der Waals surface area contributed by atoms with Gasteiger partial charge in [0.15, 0.2) is 0 Å². The molecule has 0 saturated carbocycles. The summed E-state index contributed by atoms with van der Waals surface area (Å²) in [6.07, 6.45) is 2.45. The number of rotatable bonds is 6. The largest absolute Gasteiger partial charge is 0.377 e. The van der Waals surface area contributed by atoms with Gasteiger partial charge < -0.3 is 10.5 Å². The average molecular weight is 345 g/mol. The van der Waals surface area contributed by atoms with Crippen LogP contribution in [0.5, 0.6) is 0 Å². The second-order valence-electron chi connectivity index (χ2n) is 5.14. The molecule has 2 atom stereocenters. The number of benzene rings is 1. The molecule has 0 radical (unpaired) electrons. The van der Waals surface area contributed by atoms with Gasteiger partial charge in [-0.3, -0.25) is 4.90 Å². The van der Waals surface area contributed by atoms with E-state index in [1.54, 1.807) is 0 Å². The Bertz CT molecular complexity index is 438. The molecule has 1 aromatic carbocycles. The number of halogens is 2. The maximum atomic E-state index is 14.2. The number of hydrogen-bond donors (Lipinski definition) is 1. The molecule has 1 aliphatic heterocycles. The van der Waals surface area contributed by atoms with Crippen molar-refractivity contribution in [3.8, 4) is 0 Å². The zero-order valence-corrected chi connectivity index (χ0v) is 13.4. The molecule has 2 rings (SSSR count). The van der Waals surface area contributed by atoms with Crippen LogP contribution >= 0.6 is 15.9 Å². The Morgan fingerprint density at radius 3 is 2.90 bits per heavy atom. The van der Waals surface area contributed by atoms with E-state index in [4.69, 9.17) is 10.5 Å². The molecule has 0 aromatic heterocycles. The summed E-state index contributed by atoms with van der Waals surface area (Å²) in [4.78, 5) is 2.21. The third-order valence-corrected chi connectivity index (χ3v) is 4.35. The van der Waals surface area contributed by atoms with Crippen LogP contribution in [-0.2, 0) is 4.74 Å². The molecule has 112 valence electrons. The van der Waals surface area contributed by atoms with Crippen molar-refractivity contribution in [2.45, 2.75) is 31.9 Å². The Morgan fingerprint density at radius 2 is 2.35 bits per heavy atom. The number of nitrogens with two attached hydrogens (primary N) is 1. The molecule has 1 fully saturated rings. The van der Waals surface area contributed by atoms with Crippen LogP contribution in [0.1, 0.15) is 31.4 Å². The molecule has 1 aromatic rings. The van der Waals surface area contributed by atoms with Gasteiger partial charge in [0.05, 0.1) is 6.10 Å². The lowest BCUT2D eigenvalue weighted by molar-refractivity contribution is 0.0595. The molecule has 3 nitrogen and oxygen atoms in total. The molecule has 2 N–H and O–H groups in total. The zero-order valence-electron chi connectivity index (χ0n) is 11.8. The van der Waals surface area contributed by atoms with Gasteiger partial charge in [0.1, 0.15) is 5.82 Å². The minimum atomic E-state index is -0.208. The zero-order chi connectivity index (χ0) is 14.5. The van der Waals surface area contributed by atoms with Crippen molar-refractivity contribution in [3.05, 3.63) is 34.1 Å². The van der Waals surface area contributed by atoms with Gasteiger partial charge in [-0.1, -0.05) is 28.9 Å². The van der Waals surface area contributed by atoms with Gasteiger partial charge in [0, 0.05) is 35.8 Å². The van der Waals surface area contributed by atoms with Crippen LogP contribution in [0.2, 0.25) is 0 Å². The lowest BCUT2D eigenvalue weighted by atomic mass is 10.0. The van der Waals surface area contributed by atoms with Gasteiger partial charge in [-0.15, -0.1) is 0 Å². The molecule has 0 spiro atoms. The van der Waals surface area contributed by atoms with Gasteiger partial charge in [-0.2, -0.15) is 0 Å².